The molecule has 4 aromatic heterocycles. The summed E-state index contributed by atoms with van der Waals surface area (Å²) in [5.74, 6) is 0.706. The van der Waals surface area contributed by atoms with E-state index in [2.05, 4.69) is 25.3 Å². The lowest BCUT2D eigenvalue weighted by Crippen LogP contribution is -2.01. The van der Waals surface area contributed by atoms with Crippen molar-refractivity contribution in [2.75, 3.05) is 7.11 Å². The van der Waals surface area contributed by atoms with Crippen LogP contribution in [0.15, 0.2) is 43.1 Å². The topological polar surface area (TPSA) is 107 Å². The molecule has 0 bridgehead atoms. The third kappa shape index (κ3) is 2.75. The Bertz CT molecular complexity index is 1060. The summed E-state index contributed by atoms with van der Waals surface area (Å²) in [5.41, 5.74) is 3.43. The van der Waals surface area contributed by atoms with Gasteiger partial charge in [0.25, 0.3) is 0 Å². The van der Waals surface area contributed by atoms with Gasteiger partial charge < -0.3 is 9.47 Å². The van der Waals surface area contributed by atoms with Gasteiger partial charge in [0.05, 0.1) is 36.3 Å². The highest BCUT2D eigenvalue weighted by atomic mass is 16.5. The first-order valence-corrected chi connectivity index (χ1v) is 7.73. The summed E-state index contributed by atoms with van der Waals surface area (Å²) in [6.07, 6.45) is 8.93. The number of H-pyrrole nitrogens is 1. The Labute approximate surface area is 147 Å². The van der Waals surface area contributed by atoms with Crippen LogP contribution in [0.1, 0.15) is 15.9 Å². The number of rotatable bonds is 6. The van der Waals surface area contributed by atoms with Gasteiger partial charge >= 0.3 is 0 Å². The molecule has 0 aliphatic rings. The zero-order valence-corrected chi connectivity index (χ0v) is 13.8. The van der Waals surface area contributed by atoms with Gasteiger partial charge in [0.15, 0.2) is 6.29 Å². The van der Waals surface area contributed by atoms with E-state index in [-0.39, 0.29) is 6.61 Å². The molecule has 0 saturated heterocycles. The van der Waals surface area contributed by atoms with Crippen molar-refractivity contribution in [1.29, 1.82) is 0 Å². The summed E-state index contributed by atoms with van der Waals surface area (Å²) in [7, 11) is 1.49. The number of aromatic nitrogens is 6. The normalized spacial score (nSPS) is 10.8. The van der Waals surface area contributed by atoms with E-state index in [9.17, 15) is 4.79 Å². The average molecular weight is 350 g/mol. The average Bonchev–Trinajstić information content (AvgIpc) is 3.34. The first kappa shape index (κ1) is 15.8. The Morgan fingerprint density at radius 2 is 2.23 bits per heavy atom. The SMILES string of the molecule is COc1cc(C=O)c(OCc2c(-c3ccn[nH]3)nn3ccncc23)cn1. The third-order valence-electron chi connectivity index (χ3n) is 3.88. The molecule has 0 amide bonds. The van der Waals surface area contributed by atoms with Crippen molar-refractivity contribution in [3.05, 3.63) is 54.2 Å². The van der Waals surface area contributed by atoms with Crippen LogP contribution >= 0.6 is 0 Å². The maximum Gasteiger partial charge on any atom is 0.213 e. The molecular formula is C17H14N6O3. The van der Waals surface area contributed by atoms with Crippen molar-refractivity contribution in [2.45, 2.75) is 6.61 Å². The maximum atomic E-state index is 11.3. The molecule has 0 unspecified atom stereocenters. The van der Waals surface area contributed by atoms with E-state index in [1.165, 1.54) is 19.4 Å². The fourth-order valence-electron chi connectivity index (χ4n) is 2.61. The summed E-state index contributed by atoms with van der Waals surface area (Å²) in [6.45, 7) is 0.179. The first-order chi connectivity index (χ1) is 12.8. The van der Waals surface area contributed by atoms with Crippen LogP contribution in [0.25, 0.3) is 16.9 Å². The lowest BCUT2D eigenvalue weighted by atomic mass is 10.2. The molecule has 0 aromatic carbocycles. The van der Waals surface area contributed by atoms with Crippen LogP contribution < -0.4 is 9.47 Å². The number of carbonyl (C=O) groups is 1. The van der Waals surface area contributed by atoms with Gasteiger partial charge in [-0.05, 0) is 6.07 Å². The monoisotopic (exact) mass is 350 g/mol. The number of hydrogen-bond acceptors (Lipinski definition) is 7. The standard InChI is InChI=1S/C17H14N6O3/c1-25-16-6-11(9-24)15(8-19-16)26-10-12-14-7-18-4-5-23(14)22-17(12)13-2-3-20-21-13/h2-9H,10H2,1H3,(H,20,21). The number of ether oxygens (including phenoxy) is 2. The van der Waals surface area contributed by atoms with Gasteiger partial charge in [0.1, 0.15) is 18.1 Å². The summed E-state index contributed by atoms with van der Waals surface area (Å²) >= 11 is 0. The highest BCUT2D eigenvalue weighted by molar-refractivity contribution is 5.79. The van der Waals surface area contributed by atoms with Crippen LogP contribution in [-0.2, 0) is 6.61 Å². The molecule has 9 nitrogen and oxygen atoms in total. The van der Waals surface area contributed by atoms with Crippen LogP contribution in [0.4, 0.5) is 0 Å². The van der Waals surface area contributed by atoms with Gasteiger partial charge in [-0.3, -0.25) is 14.9 Å². The summed E-state index contributed by atoms with van der Waals surface area (Å²) in [5, 5.41) is 11.4. The number of fused-ring (bicyclic) bond motifs is 1. The van der Waals surface area contributed by atoms with Gasteiger partial charge in [-0.15, -0.1) is 0 Å². The summed E-state index contributed by atoms with van der Waals surface area (Å²) in [6, 6.07) is 3.35. The molecule has 4 aromatic rings. The highest BCUT2D eigenvalue weighted by Gasteiger charge is 2.17. The molecule has 0 spiro atoms. The quantitative estimate of drug-likeness (QED) is 0.529. The van der Waals surface area contributed by atoms with E-state index in [0.717, 1.165) is 16.8 Å². The minimum atomic E-state index is 0.179. The number of carbonyl (C=O) groups excluding carboxylic acids is 1. The fraction of sp³-hybridized carbons (Fsp3) is 0.118. The van der Waals surface area contributed by atoms with Crippen LogP contribution in [0.5, 0.6) is 11.6 Å². The second-order valence-electron chi connectivity index (χ2n) is 5.37. The van der Waals surface area contributed by atoms with E-state index in [4.69, 9.17) is 9.47 Å². The Morgan fingerprint density at radius 1 is 1.31 bits per heavy atom. The third-order valence-corrected chi connectivity index (χ3v) is 3.88. The number of nitrogens with one attached hydrogen (secondary N) is 1. The van der Waals surface area contributed by atoms with Gasteiger partial charge in [-0.2, -0.15) is 10.2 Å². The molecule has 4 rings (SSSR count). The van der Waals surface area contributed by atoms with Crippen molar-refractivity contribution < 1.29 is 14.3 Å². The first-order valence-electron chi connectivity index (χ1n) is 7.73. The molecule has 0 fully saturated rings. The van der Waals surface area contributed by atoms with Gasteiger partial charge in [-0.1, -0.05) is 0 Å². The number of nitrogens with zero attached hydrogens (tertiary/aromatic N) is 5. The van der Waals surface area contributed by atoms with Crippen LogP contribution in [0.2, 0.25) is 0 Å². The largest absolute Gasteiger partial charge is 0.486 e. The predicted octanol–water partition coefficient (Wildman–Crippen LogP) is 1.91. The smallest absolute Gasteiger partial charge is 0.213 e. The molecule has 0 atom stereocenters. The second kappa shape index (κ2) is 6.63. The van der Waals surface area contributed by atoms with Crippen LogP contribution in [0, 0.1) is 0 Å². The van der Waals surface area contributed by atoms with Gasteiger partial charge in [0.2, 0.25) is 5.88 Å². The molecule has 0 aliphatic heterocycles. The van der Waals surface area contributed by atoms with Crippen LogP contribution in [-0.4, -0.2) is 43.2 Å². The van der Waals surface area contributed by atoms with Crippen molar-refractivity contribution in [3.63, 3.8) is 0 Å². The number of pyridine rings is 1. The zero-order valence-electron chi connectivity index (χ0n) is 13.8. The van der Waals surface area contributed by atoms with E-state index < -0.39 is 0 Å². The number of methoxy groups -OCH3 is 1. The molecular weight excluding hydrogens is 336 g/mol. The Hall–Kier alpha value is -3.75. The Balaban J connectivity index is 1.71. The fourth-order valence-corrected chi connectivity index (χ4v) is 2.61. The van der Waals surface area contributed by atoms with E-state index in [1.54, 1.807) is 29.3 Å². The zero-order chi connectivity index (χ0) is 17.9. The minimum Gasteiger partial charge on any atom is -0.486 e. The Morgan fingerprint density at radius 3 is 3.00 bits per heavy atom. The number of aromatic amines is 1. The predicted molar refractivity (Wildman–Crippen MR) is 91.1 cm³/mol. The number of hydrogen-bond donors (Lipinski definition) is 1. The lowest BCUT2D eigenvalue weighted by Gasteiger charge is -2.09. The van der Waals surface area contributed by atoms with Gasteiger partial charge in [0, 0.05) is 30.2 Å². The van der Waals surface area contributed by atoms with E-state index in [0.29, 0.717) is 29.2 Å². The Kier molecular flexibility index (Phi) is 4.02. The van der Waals surface area contributed by atoms with E-state index in [1.807, 2.05) is 6.07 Å². The highest BCUT2D eigenvalue weighted by Crippen LogP contribution is 2.27. The number of aldehydes is 1. The lowest BCUT2D eigenvalue weighted by molar-refractivity contribution is 0.111. The van der Waals surface area contributed by atoms with E-state index >= 15 is 0 Å². The molecule has 130 valence electrons. The summed E-state index contributed by atoms with van der Waals surface area (Å²) in [4.78, 5) is 19.6. The summed E-state index contributed by atoms with van der Waals surface area (Å²) < 4.78 is 12.6. The molecule has 0 radical (unpaired) electrons. The van der Waals surface area contributed by atoms with Crippen molar-refractivity contribution in [2.24, 2.45) is 0 Å². The molecule has 26 heavy (non-hydrogen) atoms. The maximum absolute atomic E-state index is 11.3. The molecule has 0 saturated carbocycles. The molecule has 9 heteroatoms. The van der Waals surface area contributed by atoms with Crippen molar-refractivity contribution in [3.8, 4) is 23.0 Å². The molecule has 4 heterocycles. The van der Waals surface area contributed by atoms with Crippen molar-refractivity contribution >= 4 is 11.8 Å². The van der Waals surface area contributed by atoms with Gasteiger partial charge in [-0.25, -0.2) is 9.50 Å². The van der Waals surface area contributed by atoms with Crippen molar-refractivity contribution in [1.82, 2.24) is 29.8 Å². The molecule has 0 aliphatic carbocycles. The van der Waals surface area contributed by atoms with Crippen LogP contribution in [0.3, 0.4) is 0 Å². The minimum absolute atomic E-state index is 0.179. The molecule has 1 N–H and O–H groups in total. The second-order valence-corrected chi connectivity index (χ2v) is 5.37.